The molecule has 0 radical (unpaired) electrons. The van der Waals surface area contributed by atoms with Crippen LogP contribution in [-0.4, -0.2) is 59.1 Å². The lowest BCUT2D eigenvalue weighted by Crippen LogP contribution is -2.57. The fourth-order valence-corrected chi connectivity index (χ4v) is 4.38. The topological polar surface area (TPSA) is 45.7 Å². The number of carbonyl (C=O) groups is 1. The van der Waals surface area contributed by atoms with Gasteiger partial charge >= 0.3 is 0 Å². The second-order valence-corrected chi connectivity index (χ2v) is 7.68. The Morgan fingerprint density at radius 1 is 1.20 bits per heavy atom. The van der Waals surface area contributed by atoms with Crippen LogP contribution in [0.2, 0.25) is 0 Å². The largest absolute Gasteiger partial charge is 0.371 e. The predicted molar refractivity (Wildman–Crippen MR) is 97.7 cm³/mol. The maximum atomic E-state index is 12.7. The lowest BCUT2D eigenvalue weighted by Gasteiger charge is -2.47. The molecule has 2 aromatic heterocycles. The van der Waals surface area contributed by atoms with Crippen LogP contribution in [0, 0.1) is 0 Å². The monoisotopic (exact) mass is 357 g/mol. The smallest absolute Gasteiger partial charge is 0.254 e. The number of likely N-dealkylation sites (tertiary alicyclic amines) is 1. The second kappa shape index (κ2) is 7.23. The van der Waals surface area contributed by atoms with Crippen LogP contribution < -0.4 is 0 Å². The number of piperidine rings is 1. The van der Waals surface area contributed by atoms with Gasteiger partial charge in [0.1, 0.15) is 0 Å². The molecular formula is C19H23N3O2S. The zero-order chi connectivity index (χ0) is 17.1. The summed E-state index contributed by atoms with van der Waals surface area (Å²) in [6.45, 7) is 5.00. The Labute approximate surface area is 152 Å². The van der Waals surface area contributed by atoms with Crippen LogP contribution in [0.25, 0.3) is 0 Å². The van der Waals surface area contributed by atoms with E-state index >= 15 is 0 Å². The Balaban J connectivity index is 1.36. The van der Waals surface area contributed by atoms with Crippen molar-refractivity contribution in [1.29, 1.82) is 0 Å². The van der Waals surface area contributed by atoms with E-state index in [-0.39, 0.29) is 11.5 Å². The van der Waals surface area contributed by atoms with Gasteiger partial charge < -0.3 is 9.64 Å². The molecule has 2 aliphatic rings. The number of amides is 1. The van der Waals surface area contributed by atoms with E-state index in [4.69, 9.17) is 4.74 Å². The van der Waals surface area contributed by atoms with Crippen molar-refractivity contribution in [2.45, 2.75) is 25.0 Å². The van der Waals surface area contributed by atoms with E-state index < -0.39 is 0 Å². The Bertz CT molecular complexity index is 697. The summed E-state index contributed by atoms with van der Waals surface area (Å²) < 4.78 is 6.17. The summed E-state index contributed by atoms with van der Waals surface area (Å²) in [6, 6.07) is 6.05. The van der Waals surface area contributed by atoms with Crippen LogP contribution in [0.5, 0.6) is 0 Å². The number of pyridine rings is 1. The summed E-state index contributed by atoms with van der Waals surface area (Å²) in [5, 5.41) is 3.89. The van der Waals surface area contributed by atoms with Crippen molar-refractivity contribution in [2.24, 2.45) is 0 Å². The third-order valence-corrected chi connectivity index (χ3v) is 5.91. The fraction of sp³-hybridized carbons (Fsp3) is 0.474. The molecule has 25 heavy (non-hydrogen) atoms. The number of carbonyl (C=O) groups excluding carboxylic acids is 1. The summed E-state index contributed by atoms with van der Waals surface area (Å²) in [6.07, 6.45) is 5.65. The third kappa shape index (κ3) is 3.76. The van der Waals surface area contributed by atoms with Gasteiger partial charge in [-0.25, -0.2) is 0 Å². The van der Waals surface area contributed by atoms with Crippen molar-refractivity contribution in [3.8, 4) is 0 Å². The van der Waals surface area contributed by atoms with Crippen LogP contribution in [0.3, 0.4) is 0 Å². The van der Waals surface area contributed by atoms with Crippen molar-refractivity contribution in [3.63, 3.8) is 0 Å². The molecule has 0 atom stereocenters. The van der Waals surface area contributed by atoms with E-state index in [1.54, 1.807) is 11.3 Å². The average molecular weight is 357 g/mol. The van der Waals surface area contributed by atoms with Gasteiger partial charge in [-0.15, -0.1) is 0 Å². The van der Waals surface area contributed by atoms with E-state index in [0.717, 1.165) is 38.0 Å². The normalized spacial score (nSPS) is 20.7. The quantitative estimate of drug-likeness (QED) is 0.847. The molecule has 0 saturated carbocycles. The highest BCUT2D eigenvalue weighted by Gasteiger charge is 2.41. The molecule has 2 aromatic rings. The minimum absolute atomic E-state index is 0.142. The van der Waals surface area contributed by atoms with E-state index in [1.165, 1.54) is 5.56 Å². The molecule has 0 bridgehead atoms. The Morgan fingerprint density at radius 2 is 2.00 bits per heavy atom. The molecule has 4 rings (SSSR count). The van der Waals surface area contributed by atoms with E-state index in [0.29, 0.717) is 19.7 Å². The van der Waals surface area contributed by atoms with Crippen molar-refractivity contribution >= 4 is 17.2 Å². The van der Waals surface area contributed by atoms with Crippen LogP contribution in [0.4, 0.5) is 0 Å². The van der Waals surface area contributed by atoms with Gasteiger partial charge in [0.25, 0.3) is 5.91 Å². The van der Waals surface area contributed by atoms with Crippen LogP contribution in [0.15, 0.2) is 41.4 Å². The van der Waals surface area contributed by atoms with Crippen molar-refractivity contribution in [1.82, 2.24) is 14.8 Å². The number of morpholine rings is 1. The van der Waals surface area contributed by atoms with E-state index in [1.807, 2.05) is 34.1 Å². The lowest BCUT2D eigenvalue weighted by atomic mass is 9.89. The molecule has 0 aromatic carbocycles. The first-order valence-electron chi connectivity index (χ1n) is 8.81. The highest BCUT2D eigenvalue weighted by molar-refractivity contribution is 7.08. The molecular weight excluding hydrogens is 334 g/mol. The highest BCUT2D eigenvalue weighted by atomic mass is 32.1. The molecule has 2 aliphatic heterocycles. The Morgan fingerprint density at radius 3 is 2.72 bits per heavy atom. The molecule has 132 valence electrons. The molecule has 5 nitrogen and oxygen atoms in total. The molecule has 6 heteroatoms. The molecule has 2 fully saturated rings. The molecule has 0 aliphatic carbocycles. The van der Waals surface area contributed by atoms with Gasteiger partial charge in [0.15, 0.2) is 0 Å². The van der Waals surface area contributed by atoms with Gasteiger partial charge in [0, 0.05) is 44.0 Å². The molecule has 0 N–H and O–H groups in total. The van der Waals surface area contributed by atoms with Gasteiger partial charge in [-0.2, -0.15) is 11.3 Å². The predicted octanol–water partition coefficient (Wildman–Crippen LogP) is 2.65. The van der Waals surface area contributed by atoms with Crippen LogP contribution in [-0.2, 0) is 11.3 Å². The van der Waals surface area contributed by atoms with Gasteiger partial charge in [-0.1, -0.05) is 0 Å². The molecule has 1 spiro atoms. The number of thiophene rings is 1. The first kappa shape index (κ1) is 16.7. The van der Waals surface area contributed by atoms with Crippen LogP contribution in [0.1, 0.15) is 28.8 Å². The van der Waals surface area contributed by atoms with Crippen molar-refractivity contribution in [3.05, 3.63) is 52.5 Å². The van der Waals surface area contributed by atoms with Gasteiger partial charge in [-0.3, -0.25) is 14.7 Å². The minimum atomic E-state index is -0.168. The van der Waals surface area contributed by atoms with Crippen molar-refractivity contribution in [2.75, 3.05) is 32.8 Å². The summed E-state index contributed by atoms with van der Waals surface area (Å²) in [5.74, 6) is 0.142. The number of aromatic nitrogens is 1. The number of nitrogens with zero attached hydrogens (tertiary/aromatic N) is 3. The lowest BCUT2D eigenvalue weighted by molar-refractivity contribution is -0.127. The molecule has 2 saturated heterocycles. The first-order valence-corrected chi connectivity index (χ1v) is 9.75. The maximum absolute atomic E-state index is 12.7. The minimum Gasteiger partial charge on any atom is -0.371 e. The van der Waals surface area contributed by atoms with Gasteiger partial charge in [-0.05, 0) is 42.0 Å². The summed E-state index contributed by atoms with van der Waals surface area (Å²) in [4.78, 5) is 21.2. The van der Waals surface area contributed by atoms with E-state index in [9.17, 15) is 4.79 Å². The second-order valence-electron chi connectivity index (χ2n) is 6.90. The zero-order valence-corrected chi connectivity index (χ0v) is 15.1. The number of ether oxygens (including phenoxy) is 1. The standard InChI is InChI=1S/C19H23N3O2S/c23-18(17-3-12-25-14-17)22-10-11-24-19(15-22)4-8-21(9-5-19)13-16-1-6-20-7-2-16/h1-3,6-7,12,14H,4-5,8-11,13,15H2. The van der Waals surface area contributed by atoms with E-state index in [2.05, 4.69) is 22.0 Å². The Hall–Kier alpha value is -1.76. The maximum Gasteiger partial charge on any atom is 0.254 e. The fourth-order valence-electron chi connectivity index (χ4n) is 3.75. The Kier molecular flexibility index (Phi) is 4.83. The third-order valence-electron chi connectivity index (χ3n) is 5.23. The van der Waals surface area contributed by atoms with Gasteiger partial charge in [0.2, 0.25) is 0 Å². The summed E-state index contributed by atoms with van der Waals surface area (Å²) in [5.41, 5.74) is 1.93. The number of rotatable bonds is 3. The molecule has 4 heterocycles. The van der Waals surface area contributed by atoms with Gasteiger partial charge in [0.05, 0.1) is 24.3 Å². The number of hydrogen-bond donors (Lipinski definition) is 0. The first-order chi connectivity index (χ1) is 12.2. The molecule has 0 unspecified atom stereocenters. The van der Waals surface area contributed by atoms with Crippen molar-refractivity contribution < 1.29 is 9.53 Å². The SMILES string of the molecule is O=C(c1ccsc1)N1CCOC2(CCN(Cc3ccncc3)CC2)C1. The highest BCUT2D eigenvalue weighted by Crippen LogP contribution is 2.31. The number of hydrogen-bond acceptors (Lipinski definition) is 5. The summed E-state index contributed by atoms with van der Waals surface area (Å²) >= 11 is 1.57. The summed E-state index contributed by atoms with van der Waals surface area (Å²) in [7, 11) is 0. The zero-order valence-electron chi connectivity index (χ0n) is 14.3. The molecule has 1 amide bonds. The average Bonchev–Trinajstić information content (AvgIpc) is 3.19. The van der Waals surface area contributed by atoms with Crippen LogP contribution >= 0.6 is 11.3 Å².